The highest BCUT2D eigenvalue weighted by atomic mass is 19.1. The van der Waals surface area contributed by atoms with Crippen LogP contribution in [-0.2, 0) is 16.1 Å². The highest BCUT2D eigenvalue weighted by molar-refractivity contribution is 6.47. The Bertz CT molecular complexity index is 1700. The van der Waals surface area contributed by atoms with E-state index in [4.69, 9.17) is 21.4 Å². The van der Waals surface area contributed by atoms with Crippen LogP contribution in [0.25, 0.3) is 22.0 Å². The highest BCUT2D eigenvalue weighted by Crippen LogP contribution is 2.28. The van der Waals surface area contributed by atoms with Crippen molar-refractivity contribution >= 4 is 40.1 Å². The zero-order valence-corrected chi connectivity index (χ0v) is 21.0. The first-order chi connectivity index (χ1) is 19.1. The largest absolute Gasteiger partial charge is 0.365 e. The number of hydrogen-bond acceptors (Lipinski definition) is 10. The third-order valence-electron chi connectivity index (χ3n) is 6.64. The molecule has 14 nitrogen and oxygen atoms in total. The number of rotatable bonds is 8. The molecule has 2 unspecified atom stereocenters. The van der Waals surface area contributed by atoms with Crippen LogP contribution in [0.1, 0.15) is 38.7 Å². The number of fused-ring (bicyclic) bond motifs is 1. The van der Waals surface area contributed by atoms with Crippen molar-refractivity contribution in [3.8, 4) is 11.1 Å². The number of nitrogens with one attached hydrogen (secondary N) is 1. The third kappa shape index (κ3) is 4.57. The molecule has 1 aliphatic rings. The SMILES string of the molecule is Cc1noc(C(=N)C(=O)C2CC(F)CN2C(=O)Cn2nc(C(N)=O)c3cc(-c4ccnnc4)ccc32)c1C(N)=O. The van der Waals surface area contributed by atoms with E-state index in [0.717, 1.165) is 10.5 Å². The molecule has 4 aromatic rings. The molecule has 3 amide bonds. The highest BCUT2D eigenvalue weighted by Gasteiger charge is 2.42. The first-order valence-electron chi connectivity index (χ1n) is 12.0. The number of primary amides is 2. The fraction of sp³-hybridized carbons (Fsp3) is 0.240. The molecule has 0 radical (unpaired) electrons. The molecule has 40 heavy (non-hydrogen) atoms. The van der Waals surface area contributed by atoms with Crippen LogP contribution in [0.3, 0.4) is 0 Å². The van der Waals surface area contributed by atoms with Crippen LogP contribution in [0.15, 0.2) is 41.2 Å². The Morgan fingerprint density at radius 1 is 1.12 bits per heavy atom. The molecule has 15 heteroatoms. The summed E-state index contributed by atoms with van der Waals surface area (Å²) in [5.74, 6) is -3.84. The quantitative estimate of drug-likeness (QED) is 0.262. The van der Waals surface area contributed by atoms with Gasteiger partial charge in [-0.25, -0.2) is 4.39 Å². The van der Waals surface area contributed by atoms with E-state index in [2.05, 4.69) is 20.5 Å². The number of amides is 3. The lowest BCUT2D eigenvalue weighted by Gasteiger charge is -2.23. The minimum Gasteiger partial charge on any atom is -0.365 e. The number of nitrogens with two attached hydrogens (primary N) is 2. The maximum absolute atomic E-state index is 14.5. The van der Waals surface area contributed by atoms with Gasteiger partial charge in [0, 0.05) is 17.4 Å². The van der Waals surface area contributed by atoms with E-state index < -0.39 is 60.3 Å². The predicted octanol–water partition coefficient (Wildman–Crippen LogP) is 0.564. The molecule has 0 aliphatic carbocycles. The predicted molar refractivity (Wildman–Crippen MR) is 136 cm³/mol. The summed E-state index contributed by atoms with van der Waals surface area (Å²) in [6.07, 6.45) is 1.16. The number of ketones is 1. The summed E-state index contributed by atoms with van der Waals surface area (Å²) < 4.78 is 20.7. The van der Waals surface area contributed by atoms with Gasteiger partial charge in [0.2, 0.25) is 17.5 Å². The Morgan fingerprint density at radius 2 is 1.90 bits per heavy atom. The second-order valence-electron chi connectivity index (χ2n) is 9.20. The van der Waals surface area contributed by atoms with Crippen molar-refractivity contribution in [2.75, 3.05) is 6.54 Å². The van der Waals surface area contributed by atoms with Crippen LogP contribution in [0.5, 0.6) is 0 Å². The summed E-state index contributed by atoms with van der Waals surface area (Å²) in [7, 11) is 0. The van der Waals surface area contributed by atoms with Gasteiger partial charge >= 0.3 is 0 Å². The van der Waals surface area contributed by atoms with E-state index in [9.17, 15) is 23.6 Å². The number of Topliss-reactive ketones (excluding diaryl/α,β-unsaturated/α-hetero) is 1. The van der Waals surface area contributed by atoms with Crippen molar-refractivity contribution in [1.29, 1.82) is 5.41 Å². The van der Waals surface area contributed by atoms with Gasteiger partial charge in [0.25, 0.3) is 11.8 Å². The molecule has 1 saturated heterocycles. The lowest BCUT2D eigenvalue weighted by Crippen LogP contribution is -2.45. The van der Waals surface area contributed by atoms with Crippen molar-refractivity contribution in [2.24, 2.45) is 11.5 Å². The number of carbonyl (C=O) groups excluding carboxylic acids is 4. The van der Waals surface area contributed by atoms with Crippen LogP contribution in [-0.4, -0.2) is 78.0 Å². The van der Waals surface area contributed by atoms with Crippen LogP contribution < -0.4 is 11.5 Å². The first kappa shape index (κ1) is 26.3. The van der Waals surface area contributed by atoms with Gasteiger partial charge in [-0.2, -0.15) is 15.3 Å². The molecule has 4 heterocycles. The Hall–Kier alpha value is -5.34. The van der Waals surface area contributed by atoms with E-state index >= 15 is 0 Å². The molecular formula is C25H22FN9O5. The second kappa shape index (κ2) is 10.1. The van der Waals surface area contributed by atoms with E-state index in [-0.39, 0.29) is 23.4 Å². The summed E-state index contributed by atoms with van der Waals surface area (Å²) in [5, 5.41) is 24.1. The number of likely N-dealkylation sites (tertiary alicyclic amines) is 1. The van der Waals surface area contributed by atoms with Crippen molar-refractivity contribution in [3.05, 3.63) is 59.4 Å². The standard InChI is InChI=1S/C25H22FN9O5/c1-11-19(24(28)38)23(40-33-11)20(27)22(37)17-7-14(26)9-34(17)18(36)10-35-16-3-2-12(13-4-5-30-31-8-13)6-15(16)21(32-35)25(29)39/h2-6,8,14,17,27H,7,9-10H2,1H3,(H2,28,38)(H2,29,39). The topological polar surface area (TPSA) is 217 Å². The number of alkyl halides is 1. The summed E-state index contributed by atoms with van der Waals surface area (Å²) in [5.41, 5.74) is 11.7. The summed E-state index contributed by atoms with van der Waals surface area (Å²) in [6, 6.07) is 5.45. The Morgan fingerprint density at radius 3 is 2.58 bits per heavy atom. The summed E-state index contributed by atoms with van der Waals surface area (Å²) in [6.45, 7) is 0.568. The van der Waals surface area contributed by atoms with E-state index in [0.29, 0.717) is 16.5 Å². The molecule has 1 aliphatic heterocycles. The lowest BCUT2D eigenvalue weighted by molar-refractivity contribution is -0.136. The van der Waals surface area contributed by atoms with E-state index in [1.807, 2.05) is 0 Å². The first-order valence-corrected chi connectivity index (χ1v) is 12.0. The van der Waals surface area contributed by atoms with Gasteiger partial charge in [0.1, 0.15) is 24.0 Å². The molecule has 2 atom stereocenters. The Labute approximate surface area is 224 Å². The van der Waals surface area contributed by atoms with Crippen molar-refractivity contribution in [1.82, 2.24) is 30.0 Å². The molecule has 1 aromatic carbocycles. The van der Waals surface area contributed by atoms with Gasteiger partial charge in [-0.3, -0.25) is 29.3 Å². The summed E-state index contributed by atoms with van der Waals surface area (Å²) in [4.78, 5) is 51.5. The van der Waals surface area contributed by atoms with Gasteiger partial charge in [-0.15, -0.1) is 0 Å². The number of aromatic nitrogens is 5. The fourth-order valence-corrected chi connectivity index (χ4v) is 4.76. The molecular weight excluding hydrogens is 525 g/mol. The smallest absolute Gasteiger partial charge is 0.269 e. The minimum atomic E-state index is -1.54. The van der Waals surface area contributed by atoms with E-state index in [1.165, 1.54) is 17.8 Å². The molecule has 5 rings (SSSR count). The monoisotopic (exact) mass is 547 g/mol. The van der Waals surface area contributed by atoms with Crippen LogP contribution in [0.2, 0.25) is 0 Å². The van der Waals surface area contributed by atoms with E-state index in [1.54, 1.807) is 30.5 Å². The van der Waals surface area contributed by atoms with Gasteiger partial charge in [-0.1, -0.05) is 11.2 Å². The number of benzene rings is 1. The molecule has 1 fully saturated rings. The van der Waals surface area contributed by atoms with Crippen LogP contribution in [0.4, 0.5) is 4.39 Å². The lowest BCUT2D eigenvalue weighted by atomic mass is 10.0. The average molecular weight is 548 g/mol. The molecule has 5 N–H and O–H groups in total. The van der Waals surface area contributed by atoms with Crippen molar-refractivity contribution in [3.63, 3.8) is 0 Å². The third-order valence-corrected chi connectivity index (χ3v) is 6.64. The molecule has 3 aromatic heterocycles. The number of halogens is 1. The zero-order valence-electron chi connectivity index (χ0n) is 21.0. The van der Waals surface area contributed by atoms with Gasteiger partial charge in [0.05, 0.1) is 36.2 Å². The van der Waals surface area contributed by atoms with Crippen molar-refractivity contribution < 1.29 is 28.1 Å². The maximum atomic E-state index is 14.5. The molecule has 204 valence electrons. The molecule has 0 bridgehead atoms. The average Bonchev–Trinajstić information content (AvgIpc) is 3.63. The molecule has 0 spiro atoms. The van der Waals surface area contributed by atoms with Crippen molar-refractivity contribution in [2.45, 2.75) is 32.1 Å². The number of carbonyl (C=O) groups is 4. The second-order valence-corrected chi connectivity index (χ2v) is 9.20. The normalized spacial score (nSPS) is 16.8. The Kier molecular flexibility index (Phi) is 6.63. The number of hydrogen-bond donors (Lipinski definition) is 3. The minimum absolute atomic E-state index is 0.0782. The fourth-order valence-electron chi connectivity index (χ4n) is 4.76. The van der Waals surface area contributed by atoms with Crippen LogP contribution >= 0.6 is 0 Å². The Balaban J connectivity index is 1.44. The van der Waals surface area contributed by atoms with Gasteiger partial charge in [-0.05, 0) is 30.7 Å². The van der Waals surface area contributed by atoms with Crippen LogP contribution in [0, 0.1) is 12.3 Å². The number of aryl methyl sites for hydroxylation is 1. The number of nitrogens with zero attached hydrogens (tertiary/aromatic N) is 6. The zero-order chi connectivity index (χ0) is 28.7. The van der Waals surface area contributed by atoms with Gasteiger partial charge < -0.3 is 20.9 Å². The summed E-state index contributed by atoms with van der Waals surface area (Å²) >= 11 is 0. The van der Waals surface area contributed by atoms with Gasteiger partial charge in [0.15, 0.2) is 5.69 Å². The molecule has 0 saturated carbocycles. The maximum Gasteiger partial charge on any atom is 0.269 e.